The number of hydrogen-bond donors (Lipinski definition) is 0. The Hall–Kier alpha value is -2.65. The lowest BCUT2D eigenvalue weighted by molar-refractivity contribution is -0.388. The molecule has 1 fully saturated rings. The fraction of sp³-hybridized carbons (Fsp3) is 0.429. The topological polar surface area (TPSA) is 77.1 Å². The van der Waals surface area contributed by atoms with Crippen LogP contribution in [0.2, 0.25) is 0 Å². The van der Waals surface area contributed by atoms with Gasteiger partial charge < -0.3 is 4.90 Å². The molecule has 0 saturated carbocycles. The van der Waals surface area contributed by atoms with Crippen LogP contribution in [0.3, 0.4) is 0 Å². The van der Waals surface area contributed by atoms with Gasteiger partial charge in [-0.1, -0.05) is 5.21 Å². The zero-order chi connectivity index (χ0) is 17.3. The number of aromatic nitrogens is 3. The molecule has 0 unspecified atom stereocenters. The van der Waals surface area contributed by atoms with Crippen LogP contribution in [-0.2, 0) is 6.18 Å². The first kappa shape index (κ1) is 16.2. The summed E-state index contributed by atoms with van der Waals surface area (Å²) < 4.78 is 40.9. The Morgan fingerprint density at radius 3 is 2.50 bits per heavy atom. The van der Waals surface area contributed by atoms with Crippen LogP contribution in [0.15, 0.2) is 30.6 Å². The van der Waals surface area contributed by atoms with Crippen molar-refractivity contribution >= 4 is 11.4 Å². The van der Waals surface area contributed by atoms with E-state index >= 15 is 0 Å². The van der Waals surface area contributed by atoms with Gasteiger partial charge in [0.25, 0.3) is 5.69 Å². The first-order chi connectivity index (χ1) is 11.4. The fourth-order valence-electron chi connectivity index (χ4n) is 2.91. The molecular weight excluding hydrogens is 327 g/mol. The molecule has 1 saturated heterocycles. The van der Waals surface area contributed by atoms with Crippen molar-refractivity contribution in [3.05, 3.63) is 46.3 Å². The molecule has 0 radical (unpaired) electrons. The first-order valence-corrected chi connectivity index (χ1v) is 7.32. The number of nitro benzene ring substituents is 1. The normalized spacial score (nSPS) is 16.4. The van der Waals surface area contributed by atoms with E-state index in [9.17, 15) is 23.3 Å². The molecule has 1 aliphatic heterocycles. The van der Waals surface area contributed by atoms with Crippen molar-refractivity contribution < 1.29 is 18.1 Å². The van der Waals surface area contributed by atoms with E-state index in [4.69, 9.17) is 0 Å². The van der Waals surface area contributed by atoms with Crippen LogP contribution in [0.1, 0.15) is 24.4 Å². The molecule has 0 spiro atoms. The maximum absolute atomic E-state index is 13.1. The van der Waals surface area contributed by atoms with Crippen molar-refractivity contribution in [1.29, 1.82) is 0 Å². The van der Waals surface area contributed by atoms with Gasteiger partial charge in [-0.15, -0.1) is 5.10 Å². The molecule has 1 aromatic carbocycles. The van der Waals surface area contributed by atoms with Crippen molar-refractivity contribution in [3.63, 3.8) is 0 Å². The molecule has 0 bridgehead atoms. The first-order valence-electron chi connectivity index (χ1n) is 7.32. The number of benzene rings is 1. The minimum absolute atomic E-state index is 0.156. The number of nitro groups is 1. The molecule has 0 aliphatic carbocycles. The van der Waals surface area contributed by atoms with Crippen molar-refractivity contribution in [2.24, 2.45) is 0 Å². The van der Waals surface area contributed by atoms with Crippen LogP contribution in [0.4, 0.5) is 24.5 Å². The maximum atomic E-state index is 13.1. The highest BCUT2D eigenvalue weighted by atomic mass is 19.4. The third-order valence-corrected chi connectivity index (χ3v) is 4.13. The summed E-state index contributed by atoms with van der Waals surface area (Å²) in [6.45, 7) is 1.08. The Morgan fingerprint density at radius 2 is 1.96 bits per heavy atom. The van der Waals surface area contributed by atoms with Crippen molar-refractivity contribution in [1.82, 2.24) is 15.0 Å². The zero-order valence-corrected chi connectivity index (χ0v) is 12.5. The van der Waals surface area contributed by atoms with Gasteiger partial charge in [0.15, 0.2) is 0 Å². The quantitative estimate of drug-likeness (QED) is 0.633. The number of nitrogens with zero attached hydrogens (tertiary/aromatic N) is 5. The van der Waals surface area contributed by atoms with E-state index in [1.165, 1.54) is 6.07 Å². The van der Waals surface area contributed by atoms with Crippen LogP contribution in [0, 0.1) is 10.1 Å². The number of halogens is 3. The highest BCUT2D eigenvalue weighted by Crippen LogP contribution is 2.39. The van der Waals surface area contributed by atoms with Crippen LogP contribution in [0.25, 0.3) is 0 Å². The molecule has 2 aromatic rings. The smallest absolute Gasteiger partial charge is 0.371 e. The minimum Gasteiger partial charge on any atom is -0.371 e. The average Bonchev–Trinajstić information content (AvgIpc) is 3.08. The van der Waals surface area contributed by atoms with E-state index in [0.717, 1.165) is 12.1 Å². The monoisotopic (exact) mass is 341 g/mol. The number of piperidine rings is 1. The molecule has 2 heterocycles. The molecule has 0 N–H and O–H groups in total. The predicted molar refractivity (Wildman–Crippen MR) is 78.6 cm³/mol. The second-order valence-electron chi connectivity index (χ2n) is 5.56. The van der Waals surface area contributed by atoms with Crippen molar-refractivity contribution in [2.45, 2.75) is 25.1 Å². The van der Waals surface area contributed by atoms with Gasteiger partial charge in [0, 0.05) is 31.0 Å². The average molecular weight is 341 g/mol. The second kappa shape index (κ2) is 6.10. The van der Waals surface area contributed by atoms with Gasteiger partial charge in [-0.2, -0.15) is 13.2 Å². The molecule has 1 aliphatic rings. The molecule has 1 aromatic heterocycles. The van der Waals surface area contributed by atoms with Crippen molar-refractivity contribution in [2.75, 3.05) is 18.0 Å². The summed E-state index contributed by atoms with van der Waals surface area (Å²) >= 11 is 0. The van der Waals surface area contributed by atoms with Gasteiger partial charge in [-0.3, -0.25) is 10.1 Å². The zero-order valence-electron chi connectivity index (χ0n) is 12.5. The Labute approximate surface area is 134 Å². The minimum atomic E-state index is -4.77. The van der Waals surface area contributed by atoms with E-state index in [1.54, 1.807) is 22.0 Å². The van der Waals surface area contributed by atoms with Gasteiger partial charge in [0.1, 0.15) is 5.56 Å². The molecule has 10 heteroatoms. The third-order valence-electron chi connectivity index (χ3n) is 4.13. The maximum Gasteiger partial charge on any atom is 0.423 e. The Kier molecular flexibility index (Phi) is 4.12. The molecule has 7 nitrogen and oxygen atoms in total. The fourth-order valence-corrected chi connectivity index (χ4v) is 2.91. The lowest BCUT2D eigenvalue weighted by Gasteiger charge is -2.33. The Bertz CT molecular complexity index is 725. The third kappa shape index (κ3) is 3.17. The van der Waals surface area contributed by atoms with Gasteiger partial charge >= 0.3 is 6.18 Å². The molecule has 0 amide bonds. The summed E-state index contributed by atoms with van der Waals surface area (Å²) in [5.41, 5.74) is -1.81. The van der Waals surface area contributed by atoms with Crippen LogP contribution in [-0.4, -0.2) is 33.0 Å². The van der Waals surface area contributed by atoms with E-state index in [2.05, 4.69) is 10.3 Å². The summed E-state index contributed by atoms with van der Waals surface area (Å²) in [6, 6.07) is 3.29. The second-order valence-corrected chi connectivity index (χ2v) is 5.56. The lowest BCUT2D eigenvalue weighted by Crippen LogP contribution is -2.35. The van der Waals surface area contributed by atoms with Gasteiger partial charge in [0.05, 0.1) is 17.2 Å². The van der Waals surface area contributed by atoms with Gasteiger partial charge in [-0.25, -0.2) is 4.68 Å². The van der Waals surface area contributed by atoms with Gasteiger partial charge in [-0.05, 0) is 25.0 Å². The number of alkyl halides is 3. The van der Waals surface area contributed by atoms with E-state index < -0.39 is 22.4 Å². The standard InChI is InChI=1S/C14H14F3N5O2/c15-14(16,17)12-9-11(1-2-13(12)22(23)24)20-6-3-10(4-7-20)21-8-5-18-19-21/h1-2,5,8-10H,3-4,6-7H2. The van der Waals surface area contributed by atoms with E-state index in [-0.39, 0.29) is 6.04 Å². The molecule has 24 heavy (non-hydrogen) atoms. The summed E-state index contributed by atoms with van der Waals surface area (Å²) in [4.78, 5) is 11.6. The molecule has 128 valence electrons. The van der Waals surface area contributed by atoms with E-state index in [0.29, 0.717) is 31.6 Å². The van der Waals surface area contributed by atoms with Gasteiger partial charge in [0.2, 0.25) is 0 Å². The summed E-state index contributed by atoms with van der Waals surface area (Å²) in [7, 11) is 0. The summed E-state index contributed by atoms with van der Waals surface area (Å²) in [5, 5.41) is 18.5. The highest BCUT2D eigenvalue weighted by molar-refractivity contribution is 5.57. The number of anilines is 1. The van der Waals surface area contributed by atoms with Crippen molar-refractivity contribution in [3.8, 4) is 0 Å². The highest BCUT2D eigenvalue weighted by Gasteiger charge is 2.39. The Balaban J connectivity index is 1.80. The predicted octanol–water partition coefficient (Wildman–Crippen LogP) is 3.05. The number of rotatable bonds is 3. The number of hydrogen-bond acceptors (Lipinski definition) is 5. The van der Waals surface area contributed by atoms with Crippen LogP contribution < -0.4 is 4.90 Å². The van der Waals surface area contributed by atoms with Crippen LogP contribution >= 0.6 is 0 Å². The van der Waals surface area contributed by atoms with Crippen LogP contribution in [0.5, 0.6) is 0 Å². The summed E-state index contributed by atoms with van der Waals surface area (Å²) in [5.74, 6) is 0. The summed E-state index contributed by atoms with van der Waals surface area (Å²) in [6.07, 6.45) is -0.00681. The van der Waals surface area contributed by atoms with E-state index in [1.807, 2.05) is 0 Å². The largest absolute Gasteiger partial charge is 0.423 e. The molecule has 0 atom stereocenters. The SMILES string of the molecule is O=[N+]([O-])c1ccc(N2CCC(n3ccnn3)CC2)cc1C(F)(F)F. The molecule has 3 rings (SSSR count). The Morgan fingerprint density at radius 1 is 1.25 bits per heavy atom. The molecular formula is C14H14F3N5O2. The lowest BCUT2D eigenvalue weighted by atomic mass is 10.0.